The van der Waals surface area contributed by atoms with Crippen LogP contribution in [0, 0.1) is 5.92 Å². The lowest BCUT2D eigenvalue weighted by Gasteiger charge is -2.36. The number of likely N-dealkylation sites (tertiary alicyclic amines) is 1. The van der Waals surface area contributed by atoms with Gasteiger partial charge < -0.3 is 25.2 Å². The summed E-state index contributed by atoms with van der Waals surface area (Å²) in [4.78, 5) is 35.5. The number of rotatable bonds is 14. The molecule has 2 N–H and O–H groups in total. The Balaban J connectivity index is 1.44. The van der Waals surface area contributed by atoms with E-state index in [-0.39, 0.29) is 11.9 Å². The third-order valence-electron chi connectivity index (χ3n) is 8.17. The minimum Gasteiger partial charge on any atom is -0.489 e. The zero-order valence-corrected chi connectivity index (χ0v) is 27.5. The fourth-order valence-corrected chi connectivity index (χ4v) is 5.62. The van der Waals surface area contributed by atoms with Crippen LogP contribution in [-0.2, 0) is 17.8 Å². The molecule has 0 saturated carbocycles. The molecule has 1 fully saturated rings. The molecule has 0 bridgehead atoms. The molecule has 1 aromatic heterocycles. The first-order chi connectivity index (χ1) is 21.7. The number of pyridine rings is 1. The maximum absolute atomic E-state index is 13.9. The van der Waals surface area contributed by atoms with E-state index in [0.29, 0.717) is 25.5 Å². The van der Waals surface area contributed by atoms with E-state index in [1.807, 2.05) is 61.2 Å². The van der Waals surface area contributed by atoms with Gasteiger partial charge in [-0.25, -0.2) is 4.79 Å². The summed E-state index contributed by atoms with van der Waals surface area (Å²) in [5.74, 6) is 1.17. The van der Waals surface area contributed by atoms with Gasteiger partial charge in [-0.05, 0) is 86.6 Å². The zero-order valence-electron chi connectivity index (χ0n) is 27.5. The minimum atomic E-state index is -0.701. The van der Waals surface area contributed by atoms with E-state index in [4.69, 9.17) is 4.74 Å². The van der Waals surface area contributed by atoms with E-state index in [9.17, 15) is 9.59 Å². The molecule has 1 atom stereocenters. The highest BCUT2D eigenvalue weighted by molar-refractivity contribution is 5.87. The second-order valence-corrected chi connectivity index (χ2v) is 13.2. The van der Waals surface area contributed by atoms with Crippen LogP contribution in [0.1, 0.15) is 70.9 Å². The fourth-order valence-electron chi connectivity index (χ4n) is 5.62. The molecule has 0 spiro atoms. The first-order valence-corrected chi connectivity index (χ1v) is 16.5. The Kier molecular flexibility index (Phi) is 12.7. The largest absolute Gasteiger partial charge is 0.489 e. The van der Waals surface area contributed by atoms with Crippen LogP contribution in [0.5, 0.6) is 5.75 Å². The Morgan fingerprint density at radius 3 is 2.22 bits per heavy atom. The summed E-state index contributed by atoms with van der Waals surface area (Å²) in [7, 11) is 0. The van der Waals surface area contributed by atoms with Crippen LogP contribution in [0.4, 0.5) is 10.5 Å². The molecule has 4 rings (SSSR count). The van der Waals surface area contributed by atoms with Crippen LogP contribution in [0.3, 0.4) is 0 Å². The Bertz CT molecular complexity index is 1310. The van der Waals surface area contributed by atoms with Crippen LogP contribution in [-0.4, -0.2) is 59.6 Å². The molecular formula is C37H51N5O3. The summed E-state index contributed by atoms with van der Waals surface area (Å²) in [6, 6.07) is 21.3. The predicted molar refractivity (Wildman–Crippen MR) is 181 cm³/mol. The Hall–Kier alpha value is -4.07. The van der Waals surface area contributed by atoms with Gasteiger partial charge in [0.15, 0.2) is 0 Å². The normalized spacial score (nSPS) is 14.4. The number of amides is 3. The van der Waals surface area contributed by atoms with Crippen molar-refractivity contribution in [2.45, 2.75) is 84.4 Å². The third kappa shape index (κ3) is 11.4. The lowest BCUT2D eigenvalue weighted by molar-refractivity contribution is -0.124. The minimum absolute atomic E-state index is 0.169. The number of aromatic nitrogens is 1. The third-order valence-corrected chi connectivity index (χ3v) is 8.17. The quantitative estimate of drug-likeness (QED) is 0.214. The van der Waals surface area contributed by atoms with Gasteiger partial charge in [0.25, 0.3) is 0 Å². The molecule has 1 aliphatic rings. The molecule has 8 nitrogen and oxygen atoms in total. The van der Waals surface area contributed by atoms with Gasteiger partial charge in [-0.3, -0.25) is 9.78 Å². The number of hydrogen-bond acceptors (Lipinski definition) is 5. The van der Waals surface area contributed by atoms with E-state index in [1.54, 1.807) is 12.4 Å². The molecule has 1 aliphatic heterocycles. The number of ether oxygens (including phenoxy) is 1. The molecule has 2 heterocycles. The van der Waals surface area contributed by atoms with Crippen LogP contribution in [0.15, 0.2) is 79.1 Å². The highest BCUT2D eigenvalue weighted by Crippen LogP contribution is 2.23. The van der Waals surface area contributed by atoms with Crippen molar-refractivity contribution in [1.82, 2.24) is 20.5 Å². The van der Waals surface area contributed by atoms with E-state index >= 15 is 0 Å². The fraction of sp³-hybridized carbons (Fsp3) is 0.486. The average Bonchev–Trinajstić information content (AvgIpc) is 3.33. The molecule has 8 heteroatoms. The van der Waals surface area contributed by atoms with Crippen molar-refractivity contribution in [3.8, 4) is 5.75 Å². The first kappa shape index (κ1) is 33.8. The number of anilines is 1. The maximum atomic E-state index is 13.9. The molecule has 3 aromatic rings. The smallest absolute Gasteiger partial charge is 0.318 e. The van der Waals surface area contributed by atoms with E-state index in [2.05, 4.69) is 58.6 Å². The molecule has 2 aromatic carbocycles. The predicted octanol–water partition coefficient (Wildman–Crippen LogP) is 6.60. The maximum Gasteiger partial charge on any atom is 0.318 e. The molecule has 1 unspecified atom stereocenters. The van der Waals surface area contributed by atoms with Gasteiger partial charge >= 0.3 is 6.03 Å². The number of nitrogens with zero attached hydrogens (tertiary/aromatic N) is 3. The highest BCUT2D eigenvalue weighted by atomic mass is 16.5. The van der Waals surface area contributed by atoms with Crippen molar-refractivity contribution in [2.24, 2.45) is 5.92 Å². The van der Waals surface area contributed by atoms with Gasteiger partial charge in [0, 0.05) is 50.7 Å². The molecule has 242 valence electrons. The lowest BCUT2D eigenvalue weighted by atomic mass is 10.0. The second-order valence-electron chi connectivity index (χ2n) is 13.2. The zero-order chi connectivity index (χ0) is 32.1. The number of hydrogen-bond donors (Lipinski definition) is 2. The molecule has 1 saturated heterocycles. The molecule has 45 heavy (non-hydrogen) atoms. The number of carbonyl (C=O) groups is 2. The van der Waals surface area contributed by atoms with Crippen LogP contribution >= 0.6 is 0 Å². The van der Waals surface area contributed by atoms with Crippen LogP contribution in [0.25, 0.3) is 0 Å². The number of benzene rings is 2. The van der Waals surface area contributed by atoms with Gasteiger partial charge in [0.05, 0.1) is 5.54 Å². The average molecular weight is 614 g/mol. The van der Waals surface area contributed by atoms with Crippen molar-refractivity contribution in [3.63, 3.8) is 0 Å². The van der Waals surface area contributed by atoms with E-state index in [1.165, 1.54) is 0 Å². The van der Waals surface area contributed by atoms with Gasteiger partial charge in [-0.15, -0.1) is 0 Å². The summed E-state index contributed by atoms with van der Waals surface area (Å²) >= 11 is 0. The summed E-state index contributed by atoms with van der Waals surface area (Å²) in [6.07, 6.45) is 9.11. The molecule has 0 aliphatic carbocycles. The van der Waals surface area contributed by atoms with Gasteiger partial charge in [0.2, 0.25) is 5.91 Å². The molecular weight excluding hydrogens is 562 g/mol. The van der Waals surface area contributed by atoms with Crippen molar-refractivity contribution >= 4 is 17.6 Å². The summed E-state index contributed by atoms with van der Waals surface area (Å²) in [6.45, 7) is 12.0. The van der Waals surface area contributed by atoms with Crippen molar-refractivity contribution in [2.75, 3.05) is 31.1 Å². The monoisotopic (exact) mass is 613 g/mol. The van der Waals surface area contributed by atoms with Crippen molar-refractivity contribution in [3.05, 3.63) is 90.3 Å². The highest BCUT2D eigenvalue weighted by Gasteiger charge is 2.30. The summed E-state index contributed by atoms with van der Waals surface area (Å²) in [5.41, 5.74) is 2.59. The summed E-state index contributed by atoms with van der Waals surface area (Å²) < 4.78 is 6.02. The number of nitrogens with one attached hydrogen (secondary N) is 2. The van der Waals surface area contributed by atoms with Gasteiger partial charge in [-0.2, -0.15) is 0 Å². The van der Waals surface area contributed by atoms with Crippen molar-refractivity contribution in [1.29, 1.82) is 0 Å². The SMILES string of the molecule is CC(C)CCN(CC(C)(C)NC(=O)C(Cc1ccncc1)NC(=O)N1CCCCCC1)c1ccc(OCc2ccccc2)cc1. The second kappa shape index (κ2) is 16.8. The van der Waals surface area contributed by atoms with Crippen LogP contribution in [0.2, 0.25) is 0 Å². The Labute approximate surface area is 269 Å². The van der Waals surface area contributed by atoms with Crippen LogP contribution < -0.4 is 20.3 Å². The number of urea groups is 1. The first-order valence-electron chi connectivity index (χ1n) is 16.5. The van der Waals surface area contributed by atoms with Gasteiger partial charge in [0.1, 0.15) is 18.4 Å². The van der Waals surface area contributed by atoms with Crippen molar-refractivity contribution < 1.29 is 14.3 Å². The van der Waals surface area contributed by atoms with E-state index in [0.717, 1.165) is 74.3 Å². The molecule has 0 radical (unpaired) electrons. The van der Waals surface area contributed by atoms with E-state index < -0.39 is 11.6 Å². The molecule has 3 amide bonds. The Morgan fingerprint density at radius 1 is 0.911 bits per heavy atom. The number of carbonyl (C=O) groups excluding carboxylic acids is 2. The summed E-state index contributed by atoms with van der Waals surface area (Å²) in [5, 5.41) is 6.35. The van der Waals surface area contributed by atoms with Gasteiger partial charge in [-0.1, -0.05) is 57.0 Å². The Morgan fingerprint density at radius 2 is 1.58 bits per heavy atom. The lowest BCUT2D eigenvalue weighted by Crippen LogP contribution is -2.59. The standard InChI is InChI=1S/C37H51N5O3/c1-29(2)20-25-42(32-14-16-33(17-15-32)45-27-31-12-8-7-9-13-31)28-37(3,4)40-35(43)34(26-30-18-21-38-22-19-30)39-36(44)41-23-10-5-6-11-24-41/h7-9,12-19,21-22,29,34H,5-6,10-11,20,23-28H2,1-4H3,(H,39,44)(H,40,43). The topological polar surface area (TPSA) is 86.8 Å².